The van der Waals surface area contributed by atoms with Crippen LogP contribution in [0.25, 0.3) is 0 Å². The Hall–Kier alpha value is -1.02. The van der Waals surface area contributed by atoms with Crippen molar-refractivity contribution in [1.29, 1.82) is 0 Å². The molecule has 1 aliphatic heterocycles. The highest BCUT2D eigenvalue weighted by Crippen LogP contribution is 2.26. The van der Waals surface area contributed by atoms with E-state index in [9.17, 15) is 5.11 Å². The molecule has 0 radical (unpaired) electrons. The lowest BCUT2D eigenvalue weighted by atomic mass is 9.97. The summed E-state index contributed by atoms with van der Waals surface area (Å²) in [6.45, 7) is 4.13. The molecule has 0 bridgehead atoms. The first-order valence-electron chi connectivity index (χ1n) is 4.77. The Bertz CT molecular complexity index is 303. The van der Waals surface area contributed by atoms with Crippen molar-refractivity contribution in [3.8, 4) is 5.75 Å². The highest BCUT2D eigenvalue weighted by molar-refractivity contribution is 5.36. The smallest absolute Gasteiger partial charge is 0.118 e. The summed E-state index contributed by atoms with van der Waals surface area (Å²) in [6, 6.07) is 5.91. The minimum atomic E-state index is 0.398. The van der Waals surface area contributed by atoms with Crippen LogP contribution < -0.4 is 5.32 Å². The molecule has 2 N–H and O–H groups in total. The molecule has 2 heteroatoms. The predicted molar refractivity (Wildman–Crippen MR) is 53.1 cm³/mol. The van der Waals surface area contributed by atoms with Gasteiger partial charge in [0, 0.05) is 6.54 Å². The number of phenols is 1. The maximum atomic E-state index is 9.37. The number of hydrogen-bond acceptors (Lipinski definition) is 2. The Balaban J connectivity index is 2.25. The monoisotopic (exact) mass is 177 g/mol. The molecule has 1 aromatic carbocycles. The summed E-state index contributed by atoms with van der Waals surface area (Å²) in [6.07, 6.45) is 1.21. The van der Waals surface area contributed by atoms with Gasteiger partial charge in [-0.1, -0.05) is 12.1 Å². The number of aromatic hydroxyl groups is 1. The fourth-order valence-corrected chi connectivity index (χ4v) is 1.87. The third kappa shape index (κ3) is 1.68. The zero-order chi connectivity index (χ0) is 9.26. The van der Waals surface area contributed by atoms with Gasteiger partial charge in [0.1, 0.15) is 5.75 Å². The molecule has 1 saturated heterocycles. The van der Waals surface area contributed by atoms with Crippen LogP contribution in [0.2, 0.25) is 0 Å². The quantitative estimate of drug-likeness (QED) is 0.685. The SMILES string of the molecule is Cc1cc([C@@H]2CCNC2)ccc1O. The lowest BCUT2D eigenvalue weighted by Gasteiger charge is -2.09. The second-order valence-corrected chi connectivity index (χ2v) is 3.74. The van der Waals surface area contributed by atoms with E-state index in [1.165, 1.54) is 12.0 Å². The summed E-state index contributed by atoms with van der Waals surface area (Å²) in [5.74, 6) is 1.04. The Kier molecular flexibility index (Phi) is 2.23. The second-order valence-electron chi connectivity index (χ2n) is 3.74. The fourth-order valence-electron chi connectivity index (χ4n) is 1.87. The predicted octanol–water partition coefficient (Wildman–Crippen LogP) is 1.78. The number of nitrogens with one attached hydrogen (secondary N) is 1. The minimum absolute atomic E-state index is 0.398. The Labute approximate surface area is 78.6 Å². The molecule has 1 aliphatic rings. The van der Waals surface area contributed by atoms with E-state index in [0.29, 0.717) is 11.7 Å². The zero-order valence-electron chi connectivity index (χ0n) is 7.88. The highest BCUT2D eigenvalue weighted by Gasteiger charge is 2.16. The van der Waals surface area contributed by atoms with Gasteiger partial charge in [-0.3, -0.25) is 0 Å². The molecule has 1 heterocycles. The van der Waals surface area contributed by atoms with Crippen LogP contribution in [0.1, 0.15) is 23.5 Å². The molecular weight excluding hydrogens is 162 g/mol. The van der Waals surface area contributed by atoms with Gasteiger partial charge in [0.15, 0.2) is 0 Å². The van der Waals surface area contributed by atoms with E-state index >= 15 is 0 Å². The van der Waals surface area contributed by atoms with Crippen molar-refractivity contribution in [3.63, 3.8) is 0 Å². The van der Waals surface area contributed by atoms with E-state index < -0.39 is 0 Å². The van der Waals surface area contributed by atoms with E-state index in [4.69, 9.17) is 0 Å². The summed E-state index contributed by atoms with van der Waals surface area (Å²) in [7, 11) is 0. The Morgan fingerprint density at radius 2 is 2.31 bits per heavy atom. The summed E-state index contributed by atoms with van der Waals surface area (Å²) in [5, 5.41) is 12.7. The molecule has 13 heavy (non-hydrogen) atoms. The van der Waals surface area contributed by atoms with Gasteiger partial charge in [-0.05, 0) is 43.0 Å². The molecule has 1 fully saturated rings. The normalized spacial score (nSPS) is 22.1. The van der Waals surface area contributed by atoms with Crippen LogP contribution in [0.5, 0.6) is 5.75 Å². The largest absolute Gasteiger partial charge is 0.508 e. The number of benzene rings is 1. The van der Waals surface area contributed by atoms with Crippen LogP contribution >= 0.6 is 0 Å². The van der Waals surface area contributed by atoms with Gasteiger partial charge in [-0.15, -0.1) is 0 Å². The van der Waals surface area contributed by atoms with E-state index in [0.717, 1.165) is 18.7 Å². The maximum absolute atomic E-state index is 9.37. The van der Waals surface area contributed by atoms with Crippen molar-refractivity contribution in [1.82, 2.24) is 5.32 Å². The van der Waals surface area contributed by atoms with E-state index in [-0.39, 0.29) is 0 Å². The first-order valence-corrected chi connectivity index (χ1v) is 4.77. The summed E-state index contributed by atoms with van der Waals surface area (Å²) >= 11 is 0. The molecule has 2 rings (SSSR count). The molecule has 0 aromatic heterocycles. The Morgan fingerprint density at radius 3 is 2.92 bits per heavy atom. The van der Waals surface area contributed by atoms with Gasteiger partial charge in [0.2, 0.25) is 0 Å². The molecule has 1 atom stereocenters. The summed E-state index contributed by atoms with van der Waals surface area (Å²) < 4.78 is 0. The van der Waals surface area contributed by atoms with Gasteiger partial charge < -0.3 is 10.4 Å². The molecule has 0 amide bonds. The second kappa shape index (κ2) is 3.38. The van der Waals surface area contributed by atoms with Gasteiger partial charge in [0.05, 0.1) is 0 Å². The van der Waals surface area contributed by atoms with Gasteiger partial charge >= 0.3 is 0 Å². The first-order chi connectivity index (χ1) is 6.27. The minimum Gasteiger partial charge on any atom is -0.508 e. The molecule has 2 nitrogen and oxygen atoms in total. The summed E-state index contributed by atoms with van der Waals surface area (Å²) in [4.78, 5) is 0. The molecule has 70 valence electrons. The third-order valence-corrected chi connectivity index (χ3v) is 2.75. The van der Waals surface area contributed by atoms with Crippen molar-refractivity contribution in [2.24, 2.45) is 0 Å². The van der Waals surface area contributed by atoms with Crippen LogP contribution in [0.4, 0.5) is 0 Å². The average molecular weight is 177 g/mol. The molecule has 0 unspecified atom stereocenters. The van der Waals surface area contributed by atoms with Crippen LogP contribution in [0, 0.1) is 6.92 Å². The van der Waals surface area contributed by atoms with E-state index in [1.54, 1.807) is 6.07 Å². The summed E-state index contributed by atoms with van der Waals surface area (Å²) in [5.41, 5.74) is 2.32. The van der Waals surface area contributed by atoms with Gasteiger partial charge in [0.25, 0.3) is 0 Å². The lowest BCUT2D eigenvalue weighted by molar-refractivity contribution is 0.470. The maximum Gasteiger partial charge on any atom is 0.118 e. The standard InChI is InChI=1S/C11H15NO/c1-8-6-9(2-3-11(8)13)10-4-5-12-7-10/h2-3,6,10,12-13H,4-5,7H2,1H3/t10-/m1/s1. The van der Waals surface area contributed by atoms with Crippen molar-refractivity contribution < 1.29 is 5.11 Å². The molecule has 0 spiro atoms. The molecule has 1 aromatic rings. The van der Waals surface area contributed by atoms with E-state index in [2.05, 4.69) is 11.4 Å². The number of aryl methyl sites for hydroxylation is 1. The molecule has 0 aliphatic carbocycles. The van der Waals surface area contributed by atoms with Gasteiger partial charge in [-0.2, -0.15) is 0 Å². The lowest BCUT2D eigenvalue weighted by Crippen LogP contribution is -2.07. The Morgan fingerprint density at radius 1 is 1.46 bits per heavy atom. The number of rotatable bonds is 1. The fraction of sp³-hybridized carbons (Fsp3) is 0.455. The van der Waals surface area contributed by atoms with Gasteiger partial charge in [-0.25, -0.2) is 0 Å². The van der Waals surface area contributed by atoms with E-state index in [1.807, 2.05) is 13.0 Å². The highest BCUT2D eigenvalue weighted by atomic mass is 16.3. The van der Waals surface area contributed by atoms with Crippen molar-refractivity contribution in [2.45, 2.75) is 19.3 Å². The van der Waals surface area contributed by atoms with Crippen LogP contribution in [-0.2, 0) is 0 Å². The molecule has 0 saturated carbocycles. The number of phenolic OH excluding ortho intramolecular Hbond substituents is 1. The topological polar surface area (TPSA) is 32.3 Å². The third-order valence-electron chi connectivity index (χ3n) is 2.75. The van der Waals surface area contributed by atoms with Crippen molar-refractivity contribution in [2.75, 3.05) is 13.1 Å². The average Bonchev–Trinajstić information content (AvgIpc) is 2.62. The number of hydrogen-bond donors (Lipinski definition) is 2. The first kappa shape index (κ1) is 8.57. The van der Waals surface area contributed by atoms with Crippen molar-refractivity contribution >= 4 is 0 Å². The molecular formula is C11H15NO. The van der Waals surface area contributed by atoms with Crippen LogP contribution in [0.3, 0.4) is 0 Å². The van der Waals surface area contributed by atoms with Crippen LogP contribution in [0.15, 0.2) is 18.2 Å². The van der Waals surface area contributed by atoms with Crippen LogP contribution in [-0.4, -0.2) is 18.2 Å². The zero-order valence-corrected chi connectivity index (χ0v) is 7.88. The van der Waals surface area contributed by atoms with Crippen molar-refractivity contribution in [3.05, 3.63) is 29.3 Å².